The SMILES string of the molecule is CCOC(=O)c1cnc2cccc(OC(=O)N(C)C)c2c1. The smallest absolute Gasteiger partial charge is 0.414 e. The summed E-state index contributed by atoms with van der Waals surface area (Å²) in [5.74, 6) is -0.106. The molecule has 0 saturated carbocycles. The van der Waals surface area contributed by atoms with Crippen LogP contribution in [0.2, 0.25) is 0 Å². The summed E-state index contributed by atoms with van der Waals surface area (Å²) in [5, 5.41) is 0.582. The van der Waals surface area contributed by atoms with Crippen LogP contribution in [0.5, 0.6) is 5.75 Å². The molecule has 6 nitrogen and oxygen atoms in total. The van der Waals surface area contributed by atoms with Crippen molar-refractivity contribution in [2.45, 2.75) is 6.92 Å². The second-order valence-electron chi connectivity index (χ2n) is 4.53. The highest BCUT2D eigenvalue weighted by Gasteiger charge is 2.13. The molecule has 0 spiro atoms. The number of aromatic nitrogens is 1. The van der Waals surface area contributed by atoms with Gasteiger partial charge in [0.15, 0.2) is 0 Å². The molecule has 1 amide bonds. The molecule has 110 valence electrons. The third-order valence-corrected chi connectivity index (χ3v) is 2.76. The van der Waals surface area contributed by atoms with Gasteiger partial charge in [0, 0.05) is 25.7 Å². The fourth-order valence-electron chi connectivity index (χ4n) is 1.72. The lowest BCUT2D eigenvalue weighted by atomic mass is 10.1. The number of hydrogen-bond donors (Lipinski definition) is 0. The van der Waals surface area contributed by atoms with Crippen molar-refractivity contribution in [2.24, 2.45) is 0 Å². The Kier molecular flexibility index (Phi) is 4.37. The molecule has 0 aliphatic heterocycles. The van der Waals surface area contributed by atoms with Gasteiger partial charge in [-0.1, -0.05) is 6.07 Å². The minimum absolute atomic E-state index is 0.286. The quantitative estimate of drug-likeness (QED) is 0.811. The zero-order valence-electron chi connectivity index (χ0n) is 12.1. The van der Waals surface area contributed by atoms with E-state index in [1.807, 2.05) is 0 Å². The monoisotopic (exact) mass is 288 g/mol. The van der Waals surface area contributed by atoms with Crippen molar-refractivity contribution in [3.05, 3.63) is 36.0 Å². The number of amides is 1. The van der Waals surface area contributed by atoms with E-state index in [4.69, 9.17) is 9.47 Å². The molecular weight excluding hydrogens is 272 g/mol. The molecule has 0 N–H and O–H groups in total. The first-order valence-electron chi connectivity index (χ1n) is 6.48. The predicted octanol–water partition coefficient (Wildman–Crippen LogP) is 2.47. The van der Waals surface area contributed by atoms with Gasteiger partial charge in [0.25, 0.3) is 0 Å². The predicted molar refractivity (Wildman–Crippen MR) is 77.4 cm³/mol. The number of esters is 1. The maximum absolute atomic E-state index is 11.8. The van der Waals surface area contributed by atoms with Gasteiger partial charge in [-0.15, -0.1) is 0 Å². The topological polar surface area (TPSA) is 68.7 Å². The highest BCUT2D eigenvalue weighted by molar-refractivity contribution is 5.96. The van der Waals surface area contributed by atoms with E-state index < -0.39 is 12.1 Å². The molecule has 1 aromatic carbocycles. The normalized spacial score (nSPS) is 10.2. The van der Waals surface area contributed by atoms with Crippen molar-refractivity contribution in [1.82, 2.24) is 9.88 Å². The van der Waals surface area contributed by atoms with Crippen LogP contribution in [0.4, 0.5) is 4.79 Å². The number of hydrogen-bond acceptors (Lipinski definition) is 5. The van der Waals surface area contributed by atoms with E-state index in [2.05, 4.69) is 4.98 Å². The summed E-state index contributed by atoms with van der Waals surface area (Å²) < 4.78 is 10.2. The van der Waals surface area contributed by atoms with Gasteiger partial charge >= 0.3 is 12.1 Å². The lowest BCUT2D eigenvalue weighted by Gasteiger charge is -2.12. The van der Waals surface area contributed by atoms with Gasteiger partial charge in [-0.2, -0.15) is 0 Å². The molecule has 0 aliphatic carbocycles. The van der Waals surface area contributed by atoms with E-state index in [0.29, 0.717) is 22.2 Å². The molecule has 0 fully saturated rings. The van der Waals surface area contributed by atoms with E-state index in [9.17, 15) is 9.59 Å². The average molecular weight is 288 g/mol. The summed E-state index contributed by atoms with van der Waals surface area (Å²) in [4.78, 5) is 28.9. The van der Waals surface area contributed by atoms with Gasteiger partial charge in [-0.3, -0.25) is 4.98 Å². The summed E-state index contributed by atoms with van der Waals surface area (Å²) in [5.41, 5.74) is 0.949. The minimum atomic E-state index is -0.496. The fraction of sp³-hybridized carbons (Fsp3) is 0.267. The minimum Gasteiger partial charge on any atom is -0.462 e. The molecule has 2 aromatic rings. The van der Waals surface area contributed by atoms with Crippen LogP contribution in [0.25, 0.3) is 10.9 Å². The molecule has 0 aliphatic rings. The Morgan fingerprint density at radius 3 is 2.71 bits per heavy atom. The van der Waals surface area contributed by atoms with Crippen molar-refractivity contribution in [3.63, 3.8) is 0 Å². The van der Waals surface area contributed by atoms with Gasteiger partial charge < -0.3 is 14.4 Å². The van der Waals surface area contributed by atoms with Crippen molar-refractivity contribution in [3.8, 4) is 5.75 Å². The van der Waals surface area contributed by atoms with Crippen LogP contribution in [0.1, 0.15) is 17.3 Å². The first-order chi connectivity index (χ1) is 10.0. The van der Waals surface area contributed by atoms with Crippen LogP contribution >= 0.6 is 0 Å². The fourth-order valence-corrected chi connectivity index (χ4v) is 1.72. The molecule has 0 saturated heterocycles. The first kappa shape index (κ1) is 14.8. The Labute approximate surface area is 122 Å². The van der Waals surface area contributed by atoms with Crippen molar-refractivity contribution in [2.75, 3.05) is 20.7 Å². The summed E-state index contributed by atoms with van der Waals surface area (Å²) in [7, 11) is 3.19. The summed E-state index contributed by atoms with van der Waals surface area (Å²) in [6.07, 6.45) is 0.946. The molecule has 0 radical (unpaired) electrons. The third-order valence-electron chi connectivity index (χ3n) is 2.76. The summed E-state index contributed by atoms with van der Waals surface area (Å²) in [6.45, 7) is 2.02. The molecule has 6 heteroatoms. The molecule has 1 heterocycles. The van der Waals surface area contributed by atoms with Crippen LogP contribution in [0.3, 0.4) is 0 Å². The van der Waals surface area contributed by atoms with Gasteiger partial charge in [0.2, 0.25) is 0 Å². The molecule has 0 bridgehead atoms. The van der Waals surface area contributed by atoms with E-state index in [0.717, 1.165) is 0 Å². The molecule has 0 atom stereocenters. The Morgan fingerprint density at radius 2 is 2.05 bits per heavy atom. The van der Waals surface area contributed by atoms with Crippen LogP contribution in [-0.4, -0.2) is 42.6 Å². The van der Waals surface area contributed by atoms with Gasteiger partial charge in [-0.05, 0) is 25.1 Å². The highest BCUT2D eigenvalue weighted by Crippen LogP contribution is 2.25. The second kappa shape index (κ2) is 6.21. The number of carbonyl (C=O) groups is 2. The molecule has 2 rings (SSSR count). The van der Waals surface area contributed by atoms with Crippen molar-refractivity contribution in [1.29, 1.82) is 0 Å². The van der Waals surface area contributed by atoms with Crippen LogP contribution in [0, 0.1) is 0 Å². The van der Waals surface area contributed by atoms with Crippen LogP contribution in [-0.2, 0) is 4.74 Å². The maximum Gasteiger partial charge on any atom is 0.414 e. The molecule has 0 unspecified atom stereocenters. The molecule has 1 aromatic heterocycles. The lowest BCUT2D eigenvalue weighted by molar-refractivity contribution is 0.0526. The largest absolute Gasteiger partial charge is 0.462 e. The summed E-state index contributed by atoms with van der Waals surface area (Å²) in [6, 6.07) is 6.77. The molecule has 21 heavy (non-hydrogen) atoms. The van der Waals surface area contributed by atoms with Gasteiger partial charge in [-0.25, -0.2) is 9.59 Å². The Hall–Kier alpha value is -2.63. The Bertz CT molecular complexity index is 682. The number of rotatable bonds is 3. The number of ether oxygens (including phenoxy) is 2. The van der Waals surface area contributed by atoms with E-state index in [1.54, 1.807) is 45.3 Å². The highest BCUT2D eigenvalue weighted by atomic mass is 16.6. The van der Waals surface area contributed by atoms with Gasteiger partial charge in [0.1, 0.15) is 5.75 Å². The standard InChI is InChI=1S/C15H16N2O4/c1-4-20-14(18)10-8-11-12(16-9-10)6-5-7-13(11)21-15(19)17(2)3/h5-9H,4H2,1-3H3. The van der Waals surface area contributed by atoms with Crippen LogP contribution in [0.15, 0.2) is 30.5 Å². The summed E-state index contributed by atoms with van der Waals surface area (Å²) >= 11 is 0. The average Bonchev–Trinajstić information content (AvgIpc) is 2.47. The first-order valence-corrected chi connectivity index (χ1v) is 6.48. The number of pyridine rings is 1. The number of fused-ring (bicyclic) bond motifs is 1. The molecular formula is C15H16N2O4. The van der Waals surface area contributed by atoms with E-state index in [1.165, 1.54) is 11.1 Å². The number of benzene rings is 1. The Morgan fingerprint density at radius 1 is 1.29 bits per heavy atom. The zero-order valence-corrected chi connectivity index (χ0v) is 12.1. The zero-order chi connectivity index (χ0) is 15.4. The van der Waals surface area contributed by atoms with Crippen LogP contribution < -0.4 is 4.74 Å². The second-order valence-corrected chi connectivity index (χ2v) is 4.53. The number of carbonyl (C=O) groups excluding carboxylic acids is 2. The lowest BCUT2D eigenvalue weighted by Crippen LogP contribution is -2.25. The third kappa shape index (κ3) is 3.28. The van der Waals surface area contributed by atoms with E-state index in [-0.39, 0.29) is 6.61 Å². The van der Waals surface area contributed by atoms with Gasteiger partial charge in [0.05, 0.1) is 17.7 Å². The van der Waals surface area contributed by atoms with E-state index >= 15 is 0 Å². The van der Waals surface area contributed by atoms with Crippen molar-refractivity contribution >= 4 is 23.0 Å². The number of nitrogens with zero attached hydrogens (tertiary/aromatic N) is 2. The van der Waals surface area contributed by atoms with Crippen molar-refractivity contribution < 1.29 is 19.1 Å². The Balaban J connectivity index is 2.43. The maximum atomic E-state index is 11.8.